The molecule has 9 nitrogen and oxygen atoms in total. The number of halogens is 1. The highest BCUT2D eigenvalue weighted by molar-refractivity contribution is 14.1. The molecule has 2 amide bonds. The summed E-state index contributed by atoms with van der Waals surface area (Å²) in [6, 6.07) is 6.78. The molecule has 4 rings (SSSR count). The van der Waals surface area contributed by atoms with E-state index in [2.05, 4.69) is 15.5 Å². The fraction of sp³-hybridized carbons (Fsp3) is 0.440. The first-order valence-corrected chi connectivity index (χ1v) is 13.5. The summed E-state index contributed by atoms with van der Waals surface area (Å²) in [5, 5.41) is 17.2. The maximum Gasteiger partial charge on any atom is 0.243 e. The van der Waals surface area contributed by atoms with E-state index in [1.54, 1.807) is 29.8 Å². The Morgan fingerprint density at radius 1 is 1.33 bits per heavy atom. The summed E-state index contributed by atoms with van der Waals surface area (Å²) in [7, 11) is 0. The van der Waals surface area contributed by atoms with Crippen LogP contribution in [-0.2, 0) is 16.1 Å². The summed E-state index contributed by atoms with van der Waals surface area (Å²) >= 11 is 3.39. The zero-order chi connectivity index (χ0) is 26.0. The number of amides is 2. The van der Waals surface area contributed by atoms with Crippen LogP contribution in [0, 0.1) is 19.8 Å². The molecule has 1 aromatic carbocycles. The van der Waals surface area contributed by atoms with Crippen LogP contribution in [0.4, 0.5) is 0 Å². The third-order valence-corrected chi connectivity index (χ3v) is 7.81. The van der Waals surface area contributed by atoms with Gasteiger partial charge in [-0.15, -0.1) is 11.3 Å². The van der Waals surface area contributed by atoms with E-state index in [1.807, 2.05) is 62.0 Å². The van der Waals surface area contributed by atoms with Crippen LogP contribution in [0.3, 0.4) is 0 Å². The minimum Gasteiger partial charge on any atom is -0.427 e. The Morgan fingerprint density at radius 2 is 2.11 bits per heavy atom. The molecule has 0 bridgehead atoms. The number of carbonyl (C=O) groups excluding carboxylic acids is 2. The molecule has 1 unspecified atom stereocenters. The quantitative estimate of drug-likeness (QED) is 0.362. The molecule has 3 aromatic rings. The highest BCUT2D eigenvalue weighted by Crippen LogP contribution is 2.33. The molecule has 1 aliphatic heterocycles. The molecule has 0 spiro atoms. The van der Waals surface area contributed by atoms with Gasteiger partial charge in [-0.05, 0) is 31.4 Å². The number of thiazole rings is 1. The Bertz CT molecular complexity index is 1240. The monoisotopic (exact) mass is 624 g/mol. The zero-order valence-electron chi connectivity index (χ0n) is 20.5. The third-order valence-electron chi connectivity index (χ3n) is 6.36. The van der Waals surface area contributed by atoms with Gasteiger partial charge in [-0.3, -0.25) is 9.59 Å². The fourth-order valence-electron chi connectivity index (χ4n) is 4.54. The molecule has 3 heterocycles. The molecule has 1 fully saturated rings. The predicted molar refractivity (Wildman–Crippen MR) is 144 cm³/mol. The van der Waals surface area contributed by atoms with Crippen LogP contribution in [0.2, 0.25) is 0 Å². The van der Waals surface area contributed by atoms with E-state index in [-0.39, 0.29) is 37.2 Å². The van der Waals surface area contributed by atoms with Crippen molar-refractivity contribution < 1.29 is 22.3 Å². The molecule has 2 N–H and O–H groups in total. The fourth-order valence-corrected chi connectivity index (χ4v) is 5.76. The smallest absolute Gasteiger partial charge is 0.243 e. The van der Waals surface area contributed by atoms with Gasteiger partial charge in [0.05, 0.1) is 27.9 Å². The summed E-state index contributed by atoms with van der Waals surface area (Å²) < 4.78 is 10.9. The van der Waals surface area contributed by atoms with Gasteiger partial charge in [0.25, 0.3) is 0 Å². The van der Waals surface area contributed by atoms with E-state index in [4.69, 9.17) is 7.59 Å². The topological polar surface area (TPSA) is 118 Å². The van der Waals surface area contributed by atoms with E-state index in [9.17, 15) is 14.7 Å². The van der Waals surface area contributed by atoms with Gasteiger partial charge in [0.15, 0.2) is 23.0 Å². The SMILES string of the molecule is Cc1cc(C(C(=O)N2C[C@@H](O)C[C@@H]2C(=O)NCc2ccc(-c3scnc3C)cc2OI)C(C)C)on1. The molecule has 11 heteroatoms. The van der Waals surface area contributed by atoms with Crippen molar-refractivity contribution in [2.45, 2.75) is 58.7 Å². The van der Waals surface area contributed by atoms with Crippen molar-refractivity contribution >= 4 is 46.2 Å². The summed E-state index contributed by atoms with van der Waals surface area (Å²) in [6.07, 6.45) is -0.596. The van der Waals surface area contributed by atoms with Crippen LogP contribution in [0.1, 0.15) is 48.9 Å². The molecule has 3 atom stereocenters. The van der Waals surface area contributed by atoms with Crippen molar-refractivity contribution in [2.75, 3.05) is 6.54 Å². The summed E-state index contributed by atoms with van der Waals surface area (Å²) in [4.78, 5) is 33.6. The van der Waals surface area contributed by atoms with Gasteiger partial charge in [-0.2, -0.15) is 0 Å². The van der Waals surface area contributed by atoms with E-state index in [1.165, 1.54) is 4.90 Å². The second-order valence-electron chi connectivity index (χ2n) is 9.37. The number of benzene rings is 1. The van der Waals surface area contributed by atoms with Crippen molar-refractivity contribution in [3.05, 3.63) is 52.5 Å². The number of aromatic nitrogens is 2. The Kier molecular flexibility index (Phi) is 8.30. The lowest BCUT2D eigenvalue weighted by molar-refractivity contribution is -0.141. The molecular weight excluding hydrogens is 595 g/mol. The number of β-amino-alcohol motifs (C(OH)–C–C–N with tert-alkyl or cyclic N) is 1. The minimum atomic E-state index is -0.777. The molecule has 0 radical (unpaired) electrons. The standard InChI is InChI=1S/C25H29IN4O5S/c1-13(2)22(21-7-14(3)29-35-21)25(33)30-11-18(31)9-19(30)24(32)27-10-17-6-5-16(8-20(17)34-26)23-15(4)28-12-36-23/h5-8,12-13,18-19,22,31H,9-11H2,1-4H3,(H,27,32)/t18-,19+,22?/m0/s1. The first-order valence-electron chi connectivity index (χ1n) is 11.7. The largest absolute Gasteiger partial charge is 0.427 e. The summed E-state index contributed by atoms with van der Waals surface area (Å²) in [5.41, 5.74) is 5.24. The molecule has 192 valence electrons. The Labute approximate surface area is 227 Å². The van der Waals surface area contributed by atoms with Crippen LogP contribution in [-0.4, -0.2) is 50.7 Å². The maximum absolute atomic E-state index is 13.5. The number of aliphatic hydroxyl groups is 1. The number of nitrogens with zero attached hydrogens (tertiary/aromatic N) is 3. The second kappa shape index (κ2) is 11.3. The molecular formula is C25H29IN4O5S. The number of nitrogens with one attached hydrogen (secondary N) is 1. The highest BCUT2D eigenvalue weighted by Gasteiger charge is 2.43. The minimum absolute atomic E-state index is 0.0737. The van der Waals surface area contributed by atoms with Crippen LogP contribution >= 0.6 is 34.3 Å². The van der Waals surface area contributed by atoms with Crippen molar-refractivity contribution in [1.82, 2.24) is 20.4 Å². The molecule has 2 aromatic heterocycles. The Balaban J connectivity index is 1.48. The normalized spacial score (nSPS) is 18.5. The van der Waals surface area contributed by atoms with Crippen LogP contribution in [0.5, 0.6) is 5.75 Å². The molecule has 0 saturated carbocycles. The van der Waals surface area contributed by atoms with Gasteiger partial charge in [0.1, 0.15) is 23.5 Å². The lowest BCUT2D eigenvalue weighted by atomic mass is 9.91. The van der Waals surface area contributed by atoms with Gasteiger partial charge in [-0.1, -0.05) is 31.1 Å². The number of carbonyl (C=O) groups is 2. The van der Waals surface area contributed by atoms with Crippen molar-refractivity contribution in [1.29, 1.82) is 0 Å². The number of likely N-dealkylation sites (tertiary alicyclic amines) is 1. The number of rotatable bonds is 8. The second-order valence-corrected chi connectivity index (χ2v) is 10.7. The van der Waals surface area contributed by atoms with Crippen molar-refractivity contribution in [3.8, 4) is 16.2 Å². The average Bonchev–Trinajstić information content (AvgIpc) is 3.57. The molecule has 0 aliphatic carbocycles. The van der Waals surface area contributed by atoms with Gasteiger partial charge in [0.2, 0.25) is 11.8 Å². The van der Waals surface area contributed by atoms with Gasteiger partial charge >= 0.3 is 0 Å². The number of aryl methyl sites for hydroxylation is 2. The highest BCUT2D eigenvalue weighted by atomic mass is 127. The first kappa shape index (κ1) is 26.6. The lowest BCUT2D eigenvalue weighted by Crippen LogP contribution is -2.48. The van der Waals surface area contributed by atoms with Crippen LogP contribution in [0.15, 0.2) is 34.3 Å². The number of hydrogen-bond acceptors (Lipinski definition) is 8. The third kappa shape index (κ3) is 5.57. The molecule has 36 heavy (non-hydrogen) atoms. The summed E-state index contributed by atoms with van der Waals surface area (Å²) in [5.74, 6) is -0.130. The first-order chi connectivity index (χ1) is 17.2. The Hall–Kier alpha value is -2.51. The Morgan fingerprint density at radius 3 is 2.72 bits per heavy atom. The van der Waals surface area contributed by atoms with E-state index < -0.39 is 18.1 Å². The number of hydrogen-bond donors (Lipinski definition) is 2. The van der Waals surface area contributed by atoms with Gasteiger partial charge in [-0.25, -0.2) is 4.98 Å². The van der Waals surface area contributed by atoms with E-state index in [0.717, 1.165) is 21.7 Å². The van der Waals surface area contributed by atoms with Crippen molar-refractivity contribution in [2.24, 2.45) is 5.92 Å². The summed E-state index contributed by atoms with van der Waals surface area (Å²) in [6.45, 7) is 7.92. The maximum atomic E-state index is 13.5. The zero-order valence-corrected chi connectivity index (χ0v) is 23.5. The molecule has 1 aliphatic rings. The van der Waals surface area contributed by atoms with Crippen LogP contribution < -0.4 is 8.38 Å². The van der Waals surface area contributed by atoms with Crippen LogP contribution in [0.25, 0.3) is 10.4 Å². The van der Waals surface area contributed by atoms with E-state index >= 15 is 0 Å². The van der Waals surface area contributed by atoms with E-state index in [0.29, 0.717) is 17.2 Å². The number of aliphatic hydroxyl groups excluding tert-OH is 1. The lowest BCUT2D eigenvalue weighted by Gasteiger charge is -2.28. The predicted octanol–water partition coefficient (Wildman–Crippen LogP) is 4.16. The van der Waals surface area contributed by atoms with Crippen molar-refractivity contribution in [3.63, 3.8) is 0 Å². The van der Waals surface area contributed by atoms with Gasteiger partial charge < -0.3 is 22.9 Å². The average molecular weight is 625 g/mol. The van der Waals surface area contributed by atoms with Gasteiger partial charge in [0, 0.05) is 31.1 Å². The molecule has 1 saturated heterocycles.